The van der Waals surface area contributed by atoms with E-state index in [4.69, 9.17) is 9.47 Å². The van der Waals surface area contributed by atoms with E-state index in [2.05, 4.69) is 44.2 Å². The number of fused-ring (bicyclic) bond motifs is 5. The third-order valence-electron chi connectivity index (χ3n) is 10.2. The Morgan fingerprint density at radius 3 is 2.29 bits per heavy atom. The van der Waals surface area contributed by atoms with Gasteiger partial charge in [0.1, 0.15) is 12.2 Å². The topological polar surface area (TPSA) is 52.6 Å². The van der Waals surface area contributed by atoms with Crippen LogP contribution in [-0.2, 0) is 19.1 Å². The molecule has 4 aliphatic carbocycles. The summed E-state index contributed by atoms with van der Waals surface area (Å²) in [6.07, 6.45) is 11.2. The molecule has 1 aromatic carbocycles. The molecule has 34 heavy (non-hydrogen) atoms. The summed E-state index contributed by atoms with van der Waals surface area (Å²) in [4.78, 5) is 23.7. The first kappa shape index (κ1) is 23.6. The average molecular weight is 465 g/mol. The summed E-state index contributed by atoms with van der Waals surface area (Å²) in [7, 11) is 0. The molecule has 0 saturated heterocycles. The van der Waals surface area contributed by atoms with E-state index in [0.717, 1.165) is 32.1 Å². The fraction of sp³-hybridized carbons (Fsp3) is 0.667. The maximum Gasteiger partial charge on any atom is 0.303 e. The summed E-state index contributed by atoms with van der Waals surface area (Å²) in [6, 6.07) is 10.5. The van der Waals surface area contributed by atoms with Gasteiger partial charge in [0.05, 0.1) is 0 Å². The summed E-state index contributed by atoms with van der Waals surface area (Å²) in [6.45, 7) is 8.00. The number of esters is 2. The van der Waals surface area contributed by atoms with Crippen molar-refractivity contribution < 1.29 is 19.1 Å². The molecule has 4 fully saturated rings. The lowest BCUT2D eigenvalue weighted by molar-refractivity contribution is -0.166. The molecule has 184 valence electrons. The molecule has 5 rings (SSSR count). The monoisotopic (exact) mass is 464 g/mol. The normalized spacial score (nSPS) is 42.3. The standard InChI is InChI=1S/C30H40O4/c1-19(31)33-24-12-14-29(3)23(18-24)10-11-25-26(29)13-15-30(4)27(25)17-22(28(30)34-20(2)32)16-21-8-6-5-7-9-21/h5-9,16,23-28H,10-15,17-18H2,1-4H3/b22-16+/t23-,24+,25-,26+,27+,28+,29-,30-/m0/s1. The maximum absolute atomic E-state index is 12.2. The number of hydrogen-bond acceptors (Lipinski definition) is 4. The van der Waals surface area contributed by atoms with E-state index in [1.54, 1.807) is 6.92 Å². The molecule has 0 radical (unpaired) electrons. The second-order valence-electron chi connectivity index (χ2n) is 12.0. The first-order valence-electron chi connectivity index (χ1n) is 13.3. The van der Waals surface area contributed by atoms with Crippen LogP contribution in [-0.4, -0.2) is 24.1 Å². The van der Waals surface area contributed by atoms with Crippen LogP contribution >= 0.6 is 0 Å². The Kier molecular flexibility index (Phi) is 6.14. The maximum atomic E-state index is 12.2. The smallest absolute Gasteiger partial charge is 0.303 e. The Hall–Kier alpha value is -2.10. The molecule has 0 N–H and O–H groups in total. The molecule has 0 aliphatic heterocycles. The summed E-state index contributed by atoms with van der Waals surface area (Å²) < 4.78 is 11.7. The zero-order chi connectivity index (χ0) is 24.1. The van der Waals surface area contributed by atoms with E-state index in [9.17, 15) is 9.59 Å². The van der Waals surface area contributed by atoms with E-state index >= 15 is 0 Å². The molecular weight excluding hydrogens is 424 g/mol. The van der Waals surface area contributed by atoms with Crippen LogP contribution in [0.25, 0.3) is 6.08 Å². The van der Waals surface area contributed by atoms with Gasteiger partial charge in [0, 0.05) is 19.3 Å². The quantitative estimate of drug-likeness (QED) is 0.474. The van der Waals surface area contributed by atoms with Gasteiger partial charge in [0.25, 0.3) is 0 Å². The van der Waals surface area contributed by atoms with Gasteiger partial charge in [-0.05, 0) is 91.6 Å². The van der Waals surface area contributed by atoms with Gasteiger partial charge in [-0.15, -0.1) is 0 Å². The van der Waals surface area contributed by atoms with E-state index in [-0.39, 0.29) is 29.6 Å². The summed E-state index contributed by atoms with van der Waals surface area (Å²) in [5.41, 5.74) is 2.81. The molecule has 4 aliphatic rings. The van der Waals surface area contributed by atoms with Crippen molar-refractivity contribution in [2.75, 3.05) is 0 Å². The largest absolute Gasteiger partial charge is 0.463 e. The van der Waals surface area contributed by atoms with Crippen LogP contribution in [0.3, 0.4) is 0 Å². The Labute approximate surface area is 204 Å². The zero-order valence-electron chi connectivity index (χ0n) is 21.2. The fourth-order valence-corrected chi connectivity index (χ4v) is 8.68. The first-order chi connectivity index (χ1) is 16.2. The van der Waals surface area contributed by atoms with E-state index < -0.39 is 0 Å². The van der Waals surface area contributed by atoms with Crippen LogP contribution in [0.15, 0.2) is 35.9 Å². The molecule has 4 saturated carbocycles. The lowest BCUT2D eigenvalue weighted by Crippen LogP contribution is -2.54. The minimum absolute atomic E-state index is 0.00555. The second-order valence-corrected chi connectivity index (χ2v) is 12.0. The van der Waals surface area contributed by atoms with E-state index in [1.807, 2.05) is 6.07 Å². The lowest BCUT2D eigenvalue weighted by atomic mass is 9.45. The molecule has 0 aromatic heterocycles. The third-order valence-corrected chi connectivity index (χ3v) is 10.2. The minimum atomic E-state index is -0.174. The number of ether oxygens (including phenoxy) is 2. The number of carbonyl (C=O) groups excluding carboxylic acids is 2. The van der Waals surface area contributed by atoms with Gasteiger partial charge in [-0.3, -0.25) is 9.59 Å². The zero-order valence-corrected chi connectivity index (χ0v) is 21.2. The number of rotatable bonds is 3. The summed E-state index contributed by atoms with van der Waals surface area (Å²) in [5, 5.41) is 0. The number of hydrogen-bond donors (Lipinski definition) is 0. The lowest BCUT2D eigenvalue weighted by Gasteiger charge is -2.60. The van der Waals surface area contributed by atoms with Crippen LogP contribution in [0.4, 0.5) is 0 Å². The first-order valence-corrected chi connectivity index (χ1v) is 13.3. The average Bonchev–Trinajstić information content (AvgIpc) is 3.05. The molecule has 1 aromatic rings. The van der Waals surface area contributed by atoms with Crippen LogP contribution in [0.1, 0.15) is 84.6 Å². The predicted octanol–water partition coefficient (Wildman–Crippen LogP) is 6.59. The second kappa shape index (κ2) is 8.84. The SMILES string of the molecule is CC(=O)O[C@@H]1CC[C@@]2(C)[C@@H](CC[C@H]3[C@H]2CC[C@]2(C)[C@H](OC(C)=O)/C(=C/c4ccccc4)C[C@H]32)C1. The minimum Gasteiger partial charge on any atom is -0.463 e. The van der Waals surface area contributed by atoms with Crippen LogP contribution < -0.4 is 0 Å². The van der Waals surface area contributed by atoms with Gasteiger partial charge in [0.2, 0.25) is 0 Å². The van der Waals surface area contributed by atoms with Crippen LogP contribution in [0.2, 0.25) is 0 Å². The van der Waals surface area contributed by atoms with Gasteiger partial charge in [0.15, 0.2) is 0 Å². The van der Waals surface area contributed by atoms with Gasteiger partial charge in [-0.1, -0.05) is 50.3 Å². The van der Waals surface area contributed by atoms with Gasteiger partial charge in [-0.25, -0.2) is 0 Å². The highest BCUT2D eigenvalue weighted by Crippen LogP contribution is 2.67. The highest BCUT2D eigenvalue weighted by Gasteiger charge is 2.62. The van der Waals surface area contributed by atoms with Crippen molar-refractivity contribution in [3.8, 4) is 0 Å². The van der Waals surface area contributed by atoms with Crippen molar-refractivity contribution in [1.29, 1.82) is 0 Å². The molecule has 0 spiro atoms. The Morgan fingerprint density at radius 2 is 1.59 bits per heavy atom. The van der Waals surface area contributed by atoms with Gasteiger partial charge >= 0.3 is 11.9 Å². The fourth-order valence-electron chi connectivity index (χ4n) is 8.68. The molecule has 8 atom stereocenters. The van der Waals surface area contributed by atoms with E-state index in [0.29, 0.717) is 29.1 Å². The van der Waals surface area contributed by atoms with Gasteiger partial charge < -0.3 is 9.47 Å². The van der Waals surface area contributed by atoms with Crippen molar-refractivity contribution in [3.05, 3.63) is 41.5 Å². The van der Waals surface area contributed by atoms with E-state index in [1.165, 1.54) is 37.3 Å². The Balaban J connectivity index is 1.42. The Morgan fingerprint density at radius 1 is 0.882 bits per heavy atom. The van der Waals surface area contributed by atoms with Crippen molar-refractivity contribution in [3.63, 3.8) is 0 Å². The van der Waals surface area contributed by atoms with Crippen molar-refractivity contribution in [1.82, 2.24) is 0 Å². The molecule has 0 bridgehead atoms. The molecule has 0 unspecified atom stereocenters. The van der Waals surface area contributed by atoms with Crippen LogP contribution in [0, 0.1) is 34.5 Å². The third kappa shape index (κ3) is 4.01. The van der Waals surface area contributed by atoms with Crippen LogP contribution in [0.5, 0.6) is 0 Å². The molecule has 4 nitrogen and oxygen atoms in total. The summed E-state index contributed by atoms with van der Waals surface area (Å²) >= 11 is 0. The molecule has 0 amide bonds. The molecule has 4 heteroatoms. The number of carbonyl (C=O) groups is 2. The van der Waals surface area contributed by atoms with Crippen molar-refractivity contribution in [2.45, 2.75) is 91.3 Å². The Bertz CT molecular complexity index is 967. The number of benzene rings is 1. The highest BCUT2D eigenvalue weighted by atomic mass is 16.5. The molecular formula is C30H40O4. The van der Waals surface area contributed by atoms with Crippen molar-refractivity contribution >= 4 is 18.0 Å². The van der Waals surface area contributed by atoms with Crippen molar-refractivity contribution in [2.24, 2.45) is 34.5 Å². The predicted molar refractivity (Wildman–Crippen MR) is 133 cm³/mol. The summed E-state index contributed by atoms with van der Waals surface area (Å²) in [5.74, 6) is 2.25. The van der Waals surface area contributed by atoms with Gasteiger partial charge in [-0.2, -0.15) is 0 Å². The molecule has 0 heterocycles. The highest BCUT2D eigenvalue weighted by molar-refractivity contribution is 5.67.